The molecule has 116 valence electrons. The maximum absolute atomic E-state index is 12.1. The summed E-state index contributed by atoms with van der Waals surface area (Å²) in [6.45, 7) is 0. The fourth-order valence-electron chi connectivity index (χ4n) is 2.70. The highest BCUT2D eigenvalue weighted by atomic mass is 32.2. The highest BCUT2D eigenvalue weighted by Crippen LogP contribution is 2.31. The van der Waals surface area contributed by atoms with E-state index in [1.165, 1.54) is 0 Å². The topological polar surface area (TPSA) is 76.4 Å². The minimum Gasteiger partial charge on any atom is -0.469 e. The molecular formula is C16H17NO4S. The monoisotopic (exact) mass is 319 g/mol. The summed E-state index contributed by atoms with van der Waals surface area (Å²) in [5.41, 5.74) is 0.681. The third-order valence-electron chi connectivity index (χ3n) is 3.82. The van der Waals surface area contributed by atoms with Crippen molar-refractivity contribution in [3.05, 3.63) is 54.0 Å². The minimum absolute atomic E-state index is 0.0626. The average Bonchev–Trinajstić information content (AvgIpc) is 3.02. The van der Waals surface area contributed by atoms with Crippen LogP contribution < -0.4 is 5.32 Å². The van der Waals surface area contributed by atoms with E-state index in [9.17, 15) is 13.2 Å². The Morgan fingerprint density at radius 3 is 2.82 bits per heavy atom. The smallest absolute Gasteiger partial charge is 0.220 e. The summed E-state index contributed by atoms with van der Waals surface area (Å²) in [7, 11) is -3.22. The number of aryl methyl sites for hydroxylation is 1. The van der Waals surface area contributed by atoms with Gasteiger partial charge in [-0.3, -0.25) is 4.79 Å². The van der Waals surface area contributed by atoms with Crippen molar-refractivity contribution in [3.8, 4) is 0 Å². The largest absolute Gasteiger partial charge is 0.469 e. The number of rotatable bonds is 4. The van der Waals surface area contributed by atoms with Crippen molar-refractivity contribution >= 4 is 15.7 Å². The van der Waals surface area contributed by atoms with Gasteiger partial charge in [-0.05, 0) is 30.2 Å². The van der Waals surface area contributed by atoms with Gasteiger partial charge in [-0.1, -0.05) is 18.2 Å². The molecule has 1 aromatic heterocycles. The Kier molecular flexibility index (Phi) is 4.02. The SMILES string of the molecule is O=C(CCc1ccco1)NC1CCS(=O)(=O)c2ccccc21. The minimum atomic E-state index is -3.22. The van der Waals surface area contributed by atoms with Crippen LogP contribution in [0.5, 0.6) is 0 Å². The average molecular weight is 319 g/mol. The van der Waals surface area contributed by atoms with Gasteiger partial charge in [0.25, 0.3) is 0 Å². The lowest BCUT2D eigenvalue weighted by Gasteiger charge is -2.26. The van der Waals surface area contributed by atoms with Crippen molar-refractivity contribution in [1.29, 1.82) is 0 Å². The lowest BCUT2D eigenvalue weighted by molar-refractivity contribution is -0.121. The Hall–Kier alpha value is -2.08. The van der Waals surface area contributed by atoms with Gasteiger partial charge >= 0.3 is 0 Å². The zero-order valence-electron chi connectivity index (χ0n) is 12.0. The third-order valence-corrected chi connectivity index (χ3v) is 5.63. The Morgan fingerprint density at radius 1 is 1.23 bits per heavy atom. The molecular weight excluding hydrogens is 302 g/mol. The molecule has 6 heteroatoms. The van der Waals surface area contributed by atoms with Gasteiger partial charge in [-0.25, -0.2) is 8.42 Å². The number of hydrogen-bond donors (Lipinski definition) is 1. The number of benzene rings is 1. The van der Waals surface area contributed by atoms with Gasteiger partial charge in [0.15, 0.2) is 9.84 Å². The molecule has 0 fully saturated rings. The van der Waals surface area contributed by atoms with E-state index in [2.05, 4.69) is 5.32 Å². The van der Waals surface area contributed by atoms with E-state index in [4.69, 9.17) is 4.42 Å². The third kappa shape index (κ3) is 3.06. The molecule has 2 aromatic rings. The molecule has 0 saturated carbocycles. The summed E-state index contributed by atoms with van der Waals surface area (Å²) in [5, 5.41) is 2.93. The Morgan fingerprint density at radius 2 is 2.05 bits per heavy atom. The van der Waals surface area contributed by atoms with Gasteiger partial charge in [-0.2, -0.15) is 0 Å². The van der Waals surface area contributed by atoms with Gasteiger partial charge < -0.3 is 9.73 Å². The standard InChI is InChI=1S/C16H17NO4S/c18-16(8-7-12-4-3-10-21-12)17-14-9-11-22(19,20)15-6-2-1-5-13(14)15/h1-6,10,14H,7-9,11H2,(H,17,18). The van der Waals surface area contributed by atoms with E-state index in [0.29, 0.717) is 29.7 Å². The molecule has 5 nitrogen and oxygen atoms in total. The fourth-order valence-corrected chi connectivity index (χ4v) is 4.32. The zero-order valence-corrected chi connectivity index (χ0v) is 12.8. The van der Waals surface area contributed by atoms with E-state index in [0.717, 1.165) is 5.76 Å². The second-order valence-electron chi connectivity index (χ2n) is 5.34. The number of nitrogens with one attached hydrogen (secondary N) is 1. The van der Waals surface area contributed by atoms with Crippen LogP contribution >= 0.6 is 0 Å². The van der Waals surface area contributed by atoms with E-state index >= 15 is 0 Å². The molecule has 1 aliphatic heterocycles. The van der Waals surface area contributed by atoms with Crippen molar-refractivity contribution in [2.75, 3.05) is 5.75 Å². The summed E-state index contributed by atoms with van der Waals surface area (Å²) in [5.74, 6) is 0.727. The first-order valence-corrected chi connectivity index (χ1v) is 8.85. The summed E-state index contributed by atoms with van der Waals surface area (Å²) < 4.78 is 29.3. The Bertz CT molecular complexity index is 765. The molecule has 2 heterocycles. The van der Waals surface area contributed by atoms with Crippen molar-refractivity contribution in [1.82, 2.24) is 5.32 Å². The van der Waals surface area contributed by atoms with Gasteiger partial charge in [0.05, 0.1) is 23.0 Å². The molecule has 1 N–H and O–H groups in total. The molecule has 0 radical (unpaired) electrons. The quantitative estimate of drug-likeness (QED) is 0.937. The molecule has 3 rings (SSSR count). The molecule has 1 atom stereocenters. The second kappa shape index (κ2) is 5.96. The van der Waals surface area contributed by atoms with Crippen LogP contribution in [0.15, 0.2) is 52.0 Å². The van der Waals surface area contributed by atoms with Crippen LogP contribution in [0.3, 0.4) is 0 Å². The summed E-state index contributed by atoms with van der Waals surface area (Å²) in [6.07, 6.45) is 2.84. The number of hydrogen-bond acceptors (Lipinski definition) is 4. The number of amides is 1. The van der Waals surface area contributed by atoms with E-state index in [-0.39, 0.29) is 17.7 Å². The maximum atomic E-state index is 12.1. The molecule has 0 spiro atoms. The fraction of sp³-hybridized carbons (Fsp3) is 0.312. The van der Waals surface area contributed by atoms with Gasteiger partial charge in [0, 0.05) is 12.8 Å². The number of sulfone groups is 1. The normalized spacial score (nSPS) is 19.4. The highest BCUT2D eigenvalue weighted by Gasteiger charge is 2.30. The first kappa shape index (κ1) is 14.8. The molecule has 1 amide bonds. The first-order valence-electron chi connectivity index (χ1n) is 7.20. The molecule has 22 heavy (non-hydrogen) atoms. The van der Waals surface area contributed by atoms with E-state index in [1.54, 1.807) is 36.6 Å². The Balaban J connectivity index is 1.69. The van der Waals surface area contributed by atoms with Crippen molar-refractivity contribution < 1.29 is 17.6 Å². The number of carbonyl (C=O) groups is 1. The first-order chi connectivity index (χ1) is 10.6. The van der Waals surface area contributed by atoms with Crippen LogP contribution in [0.1, 0.15) is 30.2 Å². The van der Waals surface area contributed by atoms with Crippen molar-refractivity contribution in [3.63, 3.8) is 0 Å². The van der Waals surface area contributed by atoms with E-state index < -0.39 is 9.84 Å². The lowest BCUT2D eigenvalue weighted by Crippen LogP contribution is -2.33. The van der Waals surface area contributed by atoms with Crippen LogP contribution in [0.2, 0.25) is 0 Å². The molecule has 1 aliphatic rings. The molecule has 1 aromatic carbocycles. The second-order valence-corrected chi connectivity index (χ2v) is 7.42. The predicted octanol–water partition coefficient (Wildman–Crippen LogP) is 2.25. The lowest BCUT2D eigenvalue weighted by atomic mass is 10.0. The molecule has 0 saturated heterocycles. The Labute approximate surface area is 129 Å². The highest BCUT2D eigenvalue weighted by molar-refractivity contribution is 7.91. The molecule has 0 bridgehead atoms. The summed E-state index contributed by atoms with van der Waals surface area (Å²) in [6, 6.07) is 10.2. The maximum Gasteiger partial charge on any atom is 0.220 e. The van der Waals surface area contributed by atoms with E-state index in [1.807, 2.05) is 6.07 Å². The van der Waals surface area contributed by atoms with Crippen LogP contribution in [-0.2, 0) is 21.1 Å². The van der Waals surface area contributed by atoms with Crippen LogP contribution in [0.4, 0.5) is 0 Å². The number of fused-ring (bicyclic) bond motifs is 1. The zero-order chi connectivity index (χ0) is 15.6. The predicted molar refractivity (Wildman–Crippen MR) is 81.0 cm³/mol. The van der Waals surface area contributed by atoms with Crippen LogP contribution in [0.25, 0.3) is 0 Å². The van der Waals surface area contributed by atoms with Gasteiger partial charge in [0.2, 0.25) is 5.91 Å². The van der Waals surface area contributed by atoms with Crippen molar-refractivity contribution in [2.45, 2.75) is 30.2 Å². The molecule has 1 unspecified atom stereocenters. The van der Waals surface area contributed by atoms with Gasteiger partial charge in [-0.15, -0.1) is 0 Å². The van der Waals surface area contributed by atoms with Crippen molar-refractivity contribution in [2.24, 2.45) is 0 Å². The van der Waals surface area contributed by atoms with Gasteiger partial charge in [0.1, 0.15) is 5.76 Å². The van der Waals surface area contributed by atoms with Crippen LogP contribution in [-0.4, -0.2) is 20.1 Å². The summed E-state index contributed by atoms with van der Waals surface area (Å²) >= 11 is 0. The summed E-state index contributed by atoms with van der Waals surface area (Å²) in [4.78, 5) is 12.4. The number of furan rings is 1. The molecule has 0 aliphatic carbocycles. The van der Waals surface area contributed by atoms with Crippen LogP contribution in [0, 0.1) is 0 Å². The number of carbonyl (C=O) groups excluding carboxylic acids is 1.